The number of thioether (sulfide) groups is 1. The van der Waals surface area contributed by atoms with Gasteiger partial charge in [-0.2, -0.15) is 11.8 Å². The first-order valence-corrected chi connectivity index (χ1v) is 29.4. The summed E-state index contributed by atoms with van der Waals surface area (Å²) in [6.07, 6.45) is 7.01. The minimum Gasteiger partial charge on any atom is -0.366 e. The summed E-state index contributed by atoms with van der Waals surface area (Å²) >= 11 is 1.41. The van der Waals surface area contributed by atoms with Crippen LogP contribution in [0.3, 0.4) is 0 Å². The van der Waals surface area contributed by atoms with E-state index in [0.717, 1.165) is 60.8 Å². The monoisotopic (exact) mass is 1130 g/mol. The van der Waals surface area contributed by atoms with E-state index < -0.39 is 82.0 Å². The Morgan fingerprint density at radius 1 is 0.667 bits per heavy atom. The van der Waals surface area contributed by atoms with E-state index in [-0.39, 0.29) is 60.3 Å². The van der Waals surface area contributed by atoms with E-state index in [9.17, 15) is 38.4 Å². The Bertz CT molecular complexity index is 2980. The topological polar surface area (TPSA) is 262 Å². The van der Waals surface area contributed by atoms with Crippen molar-refractivity contribution in [1.29, 1.82) is 0 Å². The zero-order valence-electron chi connectivity index (χ0n) is 48.4. The van der Waals surface area contributed by atoms with Crippen LogP contribution in [-0.4, -0.2) is 126 Å². The molecule has 10 N–H and O–H groups in total. The molecule has 0 radical (unpaired) electrons. The smallest absolute Gasteiger partial charge is 0.251 e. The van der Waals surface area contributed by atoms with Crippen LogP contribution in [0.4, 0.5) is 0 Å². The number of carbonyl (C=O) groups is 8. The SMILES string of the molecule is CN[C@@H](C)C(=O)N[C@H](C(=O)N1C[C@@H](NC(=O)c2ccc(C(N)=O)c(-c3ccc(C[C@H](NC(=O)[C@@H](NC(=O)[C@H](C)NC)C(C)(C)SC)C(=O)N[C@@H]4CCCc5ccccc54)cc3)c2)C[C@H]1C(=O)N[C@@H]1CCCc2ccccc21)C(C)(C)C. The number of likely N-dealkylation sites (N-methyl/N-ethyl adjacent to an activating group) is 2. The Balaban J connectivity index is 1.14. The molecular formula is C62H82N10O8S. The molecule has 18 nitrogen and oxygen atoms in total. The number of aryl methyl sites for hydroxylation is 2. The fourth-order valence-corrected chi connectivity index (χ4v) is 11.4. The summed E-state index contributed by atoms with van der Waals surface area (Å²) < 4.78 is -0.764. The summed E-state index contributed by atoms with van der Waals surface area (Å²) in [5.74, 6) is -3.72. The fourth-order valence-electron chi connectivity index (χ4n) is 11.0. The van der Waals surface area contributed by atoms with Gasteiger partial charge in [0.2, 0.25) is 41.4 Å². The van der Waals surface area contributed by atoms with Crippen molar-refractivity contribution >= 4 is 59.0 Å². The quantitative estimate of drug-likeness (QED) is 0.0540. The number of primary amides is 1. The van der Waals surface area contributed by atoms with Gasteiger partial charge < -0.3 is 53.2 Å². The maximum Gasteiger partial charge on any atom is 0.251 e. The lowest BCUT2D eigenvalue weighted by molar-refractivity contribution is -0.144. The lowest BCUT2D eigenvalue weighted by atomic mass is 9.85. The molecule has 0 bridgehead atoms. The molecule has 1 heterocycles. The van der Waals surface area contributed by atoms with Crippen molar-refractivity contribution in [3.05, 3.63) is 130 Å². The number of fused-ring (bicyclic) bond motifs is 2. The molecule has 1 aliphatic heterocycles. The zero-order valence-corrected chi connectivity index (χ0v) is 49.2. The van der Waals surface area contributed by atoms with Crippen LogP contribution in [0.1, 0.15) is 141 Å². The van der Waals surface area contributed by atoms with Gasteiger partial charge in [-0.15, -0.1) is 0 Å². The molecule has 9 atom stereocenters. The van der Waals surface area contributed by atoms with Gasteiger partial charge in [-0.25, -0.2) is 0 Å². The first kappa shape index (κ1) is 61.5. The second-order valence-corrected chi connectivity index (χ2v) is 24.8. The molecule has 81 heavy (non-hydrogen) atoms. The number of rotatable bonds is 21. The van der Waals surface area contributed by atoms with Gasteiger partial charge in [0.05, 0.1) is 24.2 Å². The van der Waals surface area contributed by atoms with Crippen LogP contribution in [-0.2, 0) is 48.0 Å². The van der Waals surface area contributed by atoms with E-state index in [0.29, 0.717) is 16.7 Å². The van der Waals surface area contributed by atoms with E-state index in [1.807, 2.05) is 77.3 Å². The molecule has 0 spiro atoms. The standard InChI is InChI=1S/C62H82N10O8S/c1-35(64-8)54(74)70-51(62(6,7)81-10)59(79)69-49(57(77)67-47-23-15-19-38-17-11-13-21-43(38)47)31-37-25-27-40(28-26-37)46-32-41(29-30-45(46)53(63)73)56(76)66-42-33-50(58(78)68-48-24-16-20-39-18-12-14-22-44(39)48)72(34-42)60(80)52(61(3,4)5)71-55(75)36(2)65-9/h11-14,17-18,21-22,25-30,32,35-36,42,47-52,64-65H,15-16,19-20,23-24,31,33-34H2,1-10H3,(H2,63,73)(H,66,76)(H,67,77)(H,68,78)(H,69,79)(H,70,74)(H,71,75)/t35-,36-,42-,47+,48+,49-,50-,51+,52+/m0/s1. The summed E-state index contributed by atoms with van der Waals surface area (Å²) in [5.41, 5.74) is 11.5. The lowest BCUT2D eigenvalue weighted by Crippen LogP contribution is -2.61. The van der Waals surface area contributed by atoms with Crippen LogP contribution in [0, 0.1) is 5.41 Å². The van der Waals surface area contributed by atoms with Crippen molar-refractivity contribution < 1.29 is 38.4 Å². The molecule has 0 unspecified atom stereocenters. The number of nitrogens with two attached hydrogens (primary N) is 1. The van der Waals surface area contributed by atoms with Crippen LogP contribution < -0.4 is 48.3 Å². The van der Waals surface area contributed by atoms with Crippen LogP contribution >= 0.6 is 11.8 Å². The highest BCUT2D eigenvalue weighted by molar-refractivity contribution is 8.00. The molecule has 4 aromatic rings. The number of likely N-dealkylation sites (tertiary alicyclic amines) is 1. The average molecular weight is 1130 g/mol. The number of carbonyl (C=O) groups excluding carboxylic acids is 8. The molecule has 7 rings (SSSR count). The number of nitrogens with zero attached hydrogens (tertiary/aromatic N) is 1. The van der Waals surface area contributed by atoms with Crippen molar-refractivity contribution in [1.82, 2.24) is 47.4 Å². The van der Waals surface area contributed by atoms with Gasteiger partial charge in [0.1, 0.15) is 24.2 Å². The molecule has 19 heteroatoms. The van der Waals surface area contributed by atoms with E-state index in [4.69, 9.17) is 5.73 Å². The zero-order chi connectivity index (χ0) is 58.9. The Hall–Kier alpha value is -7.09. The first-order chi connectivity index (χ1) is 38.4. The van der Waals surface area contributed by atoms with Crippen molar-refractivity contribution in [2.75, 3.05) is 26.9 Å². The van der Waals surface area contributed by atoms with Crippen LogP contribution in [0.15, 0.2) is 91.0 Å². The van der Waals surface area contributed by atoms with E-state index in [1.165, 1.54) is 28.8 Å². The number of nitrogens with one attached hydrogen (secondary N) is 8. The highest BCUT2D eigenvalue weighted by atomic mass is 32.2. The largest absolute Gasteiger partial charge is 0.366 e. The second kappa shape index (κ2) is 26.7. The van der Waals surface area contributed by atoms with Gasteiger partial charge in [-0.1, -0.05) is 93.6 Å². The number of amides is 8. The van der Waals surface area contributed by atoms with Gasteiger partial charge in [0.15, 0.2) is 0 Å². The van der Waals surface area contributed by atoms with Crippen molar-refractivity contribution in [2.24, 2.45) is 11.1 Å². The van der Waals surface area contributed by atoms with Crippen molar-refractivity contribution in [2.45, 2.75) is 159 Å². The van der Waals surface area contributed by atoms with Crippen molar-refractivity contribution in [3.63, 3.8) is 0 Å². The average Bonchev–Trinajstić information content (AvgIpc) is 4.17. The van der Waals surface area contributed by atoms with Crippen LogP contribution in [0.25, 0.3) is 11.1 Å². The lowest BCUT2D eigenvalue weighted by Gasteiger charge is -2.36. The number of benzene rings is 4. The summed E-state index contributed by atoms with van der Waals surface area (Å²) in [7, 11) is 3.31. The third-order valence-electron chi connectivity index (χ3n) is 16.3. The maximum absolute atomic E-state index is 14.8. The Labute approximate surface area is 480 Å². The molecule has 434 valence electrons. The summed E-state index contributed by atoms with van der Waals surface area (Å²) in [5, 5.41) is 24.2. The van der Waals surface area contributed by atoms with Crippen LogP contribution in [0.2, 0.25) is 0 Å². The van der Waals surface area contributed by atoms with Gasteiger partial charge >= 0.3 is 0 Å². The van der Waals surface area contributed by atoms with E-state index in [1.54, 1.807) is 58.3 Å². The minimum atomic E-state index is -1.07. The van der Waals surface area contributed by atoms with Gasteiger partial charge in [-0.3, -0.25) is 38.4 Å². The molecular weight excluding hydrogens is 1040 g/mol. The summed E-state index contributed by atoms with van der Waals surface area (Å²) in [6, 6.07) is 21.1. The third-order valence-corrected chi connectivity index (χ3v) is 17.6. The summed E-state index contributed by atoms with van der Waals surface area (Å²) in [4.78, 5) is 114. The van der Waals surface area contributed by atoms with Gasteiger partial charge in [0, 0.05) is 34.9 Å². The molecule has 1 fully saturated rings. The second-order valence-electron chi connectivity index (χ2n) is 23.4. The Morgan fingerprint density at radius 3 is 1.77 bits per heavy atom. The number of hydrogen-bond donors (Lipinski definition) is 9. The number of hydrogen-bond acceptors (Lipinski definition) is 11. The van der Waals surface area contributed by atoms with Crippen molar-refractivity contribution in [3.8, 4) is 11.1 Å². The first-order valence-electron chi connectivity index (χ1n) is 28.2. The van der Waals surface area contributed by atoms with E-state index >= 15 is 0 Å². The van der Waals surface area contributed by atoms with Gasteiger partial charge in [-0.05, 0) is 156 Å². The highest BCUT2D eigenvalue weighted by Gasteiger charge is 2.46. The fraction of sp³-hybridized carbons (Fsp3) is 0.484. The maximum atomic E-state index is 14.8. The molecule has 1 saturated heterocycles. The molecule has 4 aromatic carbocycles. The minimum absolute atomic E-state index is 0.0186. The van der Waals surface area contributed by atoms with Crippen LogP contribution in [0.5, 0.6) is 0 Å². The predicted octanol–water partition coefficient (Wildman–Crippen LogP) is 4.94. The highest BCUT2D eigenvalue weighted by Crippen LogP contribution is 2.34. The summed E-state index contributed by atoms with van der Waals surface area (Å²) in [6.45, 7) is 12.6. The third kappa shape index (κ3) is 14.9. The molecule has 3 aliphatic rings. The van der Waals surface area contributed by atoms with Gasteiger partial charge in [0.25, 0.3) is 5.91 Å². The molecule has 8 amide bonds. The Kier molecular flexibility index (Phi) is 20.3. The molecule has 2 aliphatic carbocycles. The molecule has 0 saturated carbocycles. The Morgan fingerprint density at radius 2 is 1.22 bits per heavy atom. The van der Waals surface area contributed by atoms with E-state index in [2.05, 4.69) is 54.7 Å². The normalized spacial score (nSPS) is 19.7. The molecule has 0 aromatic heterocycles. The predicted molar refractivity (Wildman–Crippen MR) is 316 cm³/mol.